The topological polar surface area (TPSA) is 55.4 Å². The van der Waals surface area contributed by atoms with Gasteiger partial charge in [-0.15, -0.1) is 0 Å². The highest BCUT2D eigenvalue weighted by atomic mass is 32.2. The highest BCUT2D eigenvalue weighted by Gasteiger charge is 2.37. The molecule has 2 aliphatic rings. The zero-order chi connectivity index (χ0) is 16.3. The monoisotopic (exact) mass is 337 g/mol. The Kier molecular flexibility index (Phi) is 4.97. The number of rotatable bonds is 5. The molecule has 23 heavy (non-hydrogen) atoms. The molecule has 4 nitrogen and oxygen atoms in total. The van der Waals surface area contributed by atoms with Crippen molar-refractivity contribution in [1.82, 2.24) is 5.32 Å². The Bertz CT molecular complexity index is 635. The van der Waals surface area contributed by atoms with Gasteiger partial charge in [-0.2, -0.15) is 0 Å². The average Bonchev–Trinajstić information content (AvgIpc) is 3.02. The van der Waals surface area contributed by atoms with Gasteiger partial charge in [0.05, 0.1) is 18.6 Å². The van der Waals surface area contributed by atoms with Gasteiger partial charge in [-0.3, -0.25) is 0 Å². The fraction of sp³-hybridized carbons (Fsp3) is 0.667. The summed E-state index contributed by atoms with van der Waals surface area (Å²) in [5.41, 5.74) is 1.44. The molecule has 1 atom stereocenters. The molecular weight excluding hydrogens is 310 g/mol. The van der Waals surface area contributed by atoms with Gasteiger partial charge in [0.15, 0.2) is 9.84 Å². The van der Waals surface area contributed by atoms with Crippen LogP contribution in [0, 0.1) is 0 Å². The van der Waals surface area contributed by atoms with Gasteiger partial charge in [-0.25, -0.2) is 8.42 Å². The summed E-state index contributed by atoms with van der Waals surface area (Å²) in [5, 5.41) is 3.58. The van der Waals surface area contributed by atoms with Crippen LogP contribution in [0.25, 0.3) is 0 Å². The minimum Gasteiger partial charge on any atom is -0.497 e. The van der Waals surface area contributed by atoms with Gasteiger partial charge in [0.2, 0.25) is 0 Å². The second-order valence-electron chi connectivity index (χ2n) is 7.05. The van der Waals surface area contributed by atoms with Gasteiger partial charge >= 0.3 is 0 Å². The Morgan fingerprint density at radius 2 is 2.04 bits per heavy atom. The van der Waals surface area contributed by atoms with Gasteiger partial charge in [-0.1, -0.05) is 25.0 Å². The van der Waals surface area contributed by atoms with Crippen LogP contribution in [0.15, 0.2) is 24.3 Å². The number of sulfone groups is 1. The van der Waals surface area contributed by atoms with E-state index in [1.165, 1.54) is 18.4 Å². The number of hydrogen-bond donors (Lipinski definition) is 1. The standard InChI is InChI=1S/C18H27NO3S/c1-22-17-8-4-6-15(12-17)18(9-2-3-10-18)14-19-16-7-5-11-23(20,21)13-16/h4,6,8,12,16,19H,2-3,5,7,9-11,13-14H2,1H3. The molecule has 1 aromatic carbocycles. The predicted octanol–water partition coefficient (Wildman–Crippen LogP) is 2.67. The first kappa shape index (κ1) is 16.8. The van der Waals surface area contributed by atoms with E-state index in [2.05, 4.69) is 23.5 Å². The average molecular weight is 337 g/mol. The van der Waals surface area contributed by atoms with Crippen molar-refractivity contribution in [2.45, 2.75) is 50.0 Å². The lowest BCUT2D eigenvalue weighted by molar-refractivity contribution is 0.364. The molecule has 1 saturated carbocycles. The molecule has 3 rings (SSSR count). The molecule has 5 heteroatoms. The summed E-state index contributed by atoms with van der Waals surface area (Å²) in [6.07, 6.45) is 6.54. The largest absolute Gasteiger partial charge is 0.497 e. The number of nitrogens with one attached hydrogen (secondary N) is 1. The maximum atomic E-state index is 11.8. The summed E-state index contributed by atoms with van der Waals surface area (Å²) in [4.78, 5) is 0. The minimum absolute atomic E-state index is 0.108. The van der Waals surface area contributed by atoms with E-state index in [1.807, 2.05) is 6.07 Å². The second-order valence-corrected chi connectivity index (χ2v) is 9.28. The fourth-order valence-corrected chi connectivity index (χ4v) is 5.77. The molecule has 0 amide bonds. The summed E-state index contributed by atoms with van der Waals surface area (Å²) in [6, 6.07) is 8.47. The molecule has 2 fully saturated rings. The van der Waals surface area contributed by atoms with E-state index in [1.54, 1.807) is 7.11 Å². The van der Waals surface area contributed by atoms with Crippen LogP contribution in [0.1, 0.15) is 44.1 Å². The lowest BCUT2D eigenvalue weighted by Crippen LogP contribution is -2.46. The van der Waals surface area contributed by atoms with E-state index in [-0.39, 0.29) is 11.5 Å². The van der Waals surface area contributed by atoms with E-state index < -0.39 is 9.84 Å². The first-order valence-electron chi connectivity index (χ1n) is 8.61. The molecule has 1 heterocycles. The minimum atomic E-state index is -2.86. The molecule has 1 unspecified atom stereocenters. The van der Waals surface area contributed by atoms with Crippen LogP contribution in [0.2, 0.25) is 0 Å². The highest BCUT2D eigenvalue weighted by Crippen LogP contribution is 2.41. The van der Waals surface area contributed by atoms with Crippen LogP contribution in [-0.4, -0.2) is 39.6 Å². The van der Waals surface area contributed by atoms with Crippen LogP contribution < -0.4 is 10.1 Å². The van der Waals surface area contributed by atoms with Crippen LogP contribution in [0.5, 0.6) is 5.75 Å². The van der Waals surface area contributed by atoms with E-state index >= 15 is 0 Å². The Morgan fingerprint density at radius 3 is 2.74 bits per heavy atom. The normalized spacial score (nSPS) is 26.0. The van der Waals surface area contributed by atoms with Crippen LogP contribution >= 0.6 is 0 Å². The molecule has 1 aliphatic heterocycles. The zero-order valence-electron chi connectivity index (χ0n) is 13.9. The number of hydrogen-bond acceptors (Lipinski definition) is 4. The Balaban J connectivity index is 1.73. The van der Waals surface area contributed by atoms with E-state index in [0.717, 1.165) is 38.0 Å². The highest BCUT2D eigenvalue weighted by molar-refractivity contribution is 7.91. The van der Waals surface area contributed by atoms with Crippen molar-refractivity contribution < 1.29 is 13.2 Å². The molecule has 1 aliphatic carbocycles. The van der Waals surface area contributed by atoms with Gasteiger partial charge < -0.3 is 10.1 Å². The van der Waals surface area contributed by atoms with Crippen molar-refractivity contribution in [2.75, 3.05) is 25.2 Å². The van der Waals surface area contributed by atoms with Crippen molar-refractivity contribution in [3.8, 4) is 5.75 Å². The number of benzene rings is 1. The Morgan fingerprint density at radius 1 is 1.26 bits per heavy atom. The molecule has 0 radical (unpaired) electrons. The molecule has 0 aromatic heterocycles. The first-order chi connectivity index (χ1) is 11.0. The summed E-state index contributed by atoms with van der Waals surface area (Å²) in [7, 11) is -1.16. The van der Waals surface area contributed by atoms with Crippen molar-refractivity contribution in [3.05, 3.63) is 29.8 Å². The van der Waals surface area contributed by atoms with Gasteiger partial charge in [0, 0.05) is 18.0 Å². The fourth-order valence-electron chi connectivity index (χ4n) is 4.10. The van der Waals surface area contributed by atoms with Crippen LogP contribution in [0.4, 0.5) is 0 Å². The van der Waals surface area contributed by atoms with Crippen molar-refractivity contribution >= 4 is 9.84 Å². The van der Waals surface area contributed by atoms with Crippen molar-refractivity contribution in [3.63, 3.8) is 0 Å². The van der Waals surface area contributed by atoms with E-state index in [4.69, 9.17) is 4.74 Å². The Hall–Kier alpha value is -1.07. The van der Waals surface area contributed by atoms with Crippen molar-refractivity contribution in [2.24, 2.45) is 0 Å². The molecule has 0 bridgehead atoms. The maximum Gasteiger partial charge on any atom is 0.151 e. The number of methoxy groups -OCH3 is 1. The third-order valence-electron chi connectivity index (χ3n) is 5.43. The molecule has 1 N–H and O–H groups in total. The maximum absolute atomic E-state index is 11.8. The van der Waals surface area contributed by atoms with Gasteiger partial charge in [0.25, 0.3) is 0 Å². The predicted molar refractivity (Wildman–Crippen MR) is 92.8 cm³/mol. The first-order valence-corrected chi connectivity index (χ1v) is 10.4. The van der Waals surface area contributed by atoms with Gasteiger partial charge in [-0.05, 0) is 43.4 Å². The third-order valence-corrected chi connectivity index (χ3v) is 7.26. The summed E-state index contributed by atoms with van der Waals surface area (Å²) < 4.78 is 29.0. The smallest absolute Gasteiger partial charge is 0.151 e. The second kappa shape index (κ2) is 6.81. The third kappa shape index (κ3) is 3.89. The molecule has 1 saturated heterocycles. The summed E-state index contributed by atoms with van der Waals surface area (Å²) in [5.74, 6) is 1.54. The number of ether oxygens (including phenoxy) is 1. The molecular formula is C18H27NO3S. The lowest BCUT2D eigenvalue weighted by Gasteiger charge is -2.33. The van der Waals surface area contributed by atoms with Gasteiger partial charge in [0.1, 0.15) is 5.75 Å². The summed E-state index contributed by atoms with van der Waals surface area (Å²) >= 11 is 0. The lowest BCUT2D eigenvalue weighted by atomic mass is 9.78. The molecule has 1 aromatic rings. The quantitative estimate of drug-likeness (QED) is 0.897. The van der Waals surface area contributed by atoms with E-state index in [0.29, 0.717) is 11.5 Å². The zero-order valence-corrected chi connectivity index (χ0v) is 14.7. The van der Waals surface area contributed by atoms with Crippen LogP contribution in [-0.2, 0) is 15.3 Å². The SMILES string of the molecule is COc1cccc(C2(CNC3CCCS(=O)(=O)C3)CCCC2)c1. The Labute approximate surface area is 139 Å². The van der Waals surface area contributed by atoms with Crippen LogP contribution in [0.3, 0.4) is 0 Å². The van der Waals surface area contributed by atoms with Crippen molar-refractivity contribution in [1.29, 1.82) is 0 Å². The summed E-state index contributed by atoms with van der Waals surface area (Å²) in [6.45, 7) is 0.861. The van der Waals surface area contributed by atoms with E-state index in [9.17, 15) is 8.42 Å². The molecule has 128 valence electrons. The molecule has 0 spiro atoms.